The maximum atomic E-state index is 5.83. The first-order valence-corrected chi connectivity index (χ1v) is 5.73. The zero-order valence-electron chi connectivity index (χ0n) is 9.57. The summed E-state index contributed by atoms with van der Waals surface area (Å²) in [5.41, 5.74) is 1.33. The van der Waals surface area contributed by atoms with Crippen LogP contribution >= 0.6 is 0 Å². The molecule has 15 heavy (non-hydrogen) atoms. The lowest BCUT2D eigenvalue weighted by Crippen LogP contribution is -2.19. The van der Waals surface area contributed by atoms with Gasteiger partial charge in [-0.05, 0) is 38.9 Å². The lowest BCUT2D eigenvalue weighted by molar-refractivity contribution is 0.0454. The molecule has 0 spiro atoms. The van der Waals surface area contributed by atoms with E-state index in [-0.39, 0.29) is 0 Å². The van der Waals surface area contributed by atoms with Gasteiger partial charge >= 0.3 is 0 Å². The average molecular weight is 208 g/mol. The fourth-order valence-electron chi connectivity index (χ4n) is 2.21. The summed E-state index contributed by atoms with van der Waals surface area (Å²) in [4.78, 5) is 0. The van der Waals surface area contributed by atoms with Crippen LogP contribution in [0.3, 0.4) is 0 Å². The van der Waals surface area contributed by atoms with Gasteiger partial charge in [0.25, 0.3) is 0 Å². The van der Waals surface area contributed by atoms with Crippen molar-refractivity contribution >= 4 is 0 Å². The molecule has 1 N–H and O–H groups in total. The zero-order valence-corrected chi connectivity index (χ0v) is 9.57. The van der Waals surface area contributed by atoms with Gasteiger partial charge in [-0.1, -0.05) is 0 Å². The van der Waals surface area contributed by atoms with Crippen LogP contribution in [0.25, 0.3) is 0 Å². The van der Waals surface area contributed by atoms with Gasteiger partial charge in [0.1, 0.15) is 0 Å². The van der Waals surface area contributed by atoms with Crippen LogP contribution in [0.2, 0.25) is 0 Å². The third-order valence-corrected chi connectivity index (χ3v) is 3.00. The average Bonchev–Trinajstić information content (AvgIpc) is 2.78. The van der Waals surface area contributed by atoms with Crippen molar-refractivity contribution in [2.75, 3.05) is 7.05 Å². The number of rotatable bonds is 4. The van der Waals surface area contributed by atoms with Crippen LogP contribution in [0.1, 0.15) is 25.5 Å². The van der Waals surface area contributed by atoms with Gasteiger partial charge < -0.3 is 14.6 Å². The number of hydrogen-bond acceptors (Lipinski definition) is 2. The molecule has 1 fully saturated rings. The van der Waals surface area contributed by atoms with Crippen molar-refractivity contribution < 1.29 is 4.74 Å². The van der Waals surface area contributed by atoms with Gasteiger partial charge in [-0.3, -0.25) is 0 Å². The van der Waals surface area contributed by atoms with Crippen molar-refractivity contribution in [2.24, 2.45) is 0 Å². The number of nitrogens with one attached hydrogen (secondary N) is 1. The van der Waals surface area contributed by atoms with E-state index < -0.39 is 0 Å². The molecular formula is C12H20N2O. The Bertz CT molecular complexity index is 308. The van der Waals surface area contributed by atoms with Crippen LogP contribution in [-0.4, -0.2) is 23.8 Å². The molecule has 2 unspecified atom stereocenters. The Morgan fingerprint density at radius 3 is 3.07 bits per heavy atom. The maximum Gasteiger partial charge on any atom is 0.0758 e. The molecule has 0 radical (unpaired) electrons. The minimum absolute atomic E-state index is 0.406. The molecule has 0 saturated carbocycles. The molecule has 0 amide bonds. The van der Waals surface area contributed by atoms with Crippen molar-refractivity contribution in [1.29, 1.82) is 0 Å². The summed E-state index contributed by atoms with van der Waals surface area (Å²) in [5, 5.41) is 3.18. The topological polar surface area (TPSA) is 26.2 Å². The molecule has 1 aromatic rings. The van der Waals surface area contributed by atoms with E-state index >= 15 is 0 Å². The summed E-state index contributed by atoms with van der Waals surface area (Å²) in [6, 6.07) is 4.26. The molecule has 1 saturated heterocycles. The van der Waals surface area contributed by atoms with E-state index in [1.54, 1.807) is 0 Å². The Morgan fingerprint density at radius 1 is 1.53 bits per heavy atom. The highest BCUT2D eigenvalue weighted by atomic mass is 16.5. The molecule has 84 valence electrons. The fraction of sp³-hybridized carbons (Fsp3) is 0.667. The minimum Gasteiger partial charge on any atom is -0.373 e. The van der Waals surface area contributed by atoms with Crippen molar-refractivity contribution in [1.82, 2.24) is 9.88 Å². The van der Waals surface area contributed by atoms with E-state index in [1.165, 1.54) is 18.5 Å². The van der Waals surface area contributed by atoms with E-state index in [0.29, 0.717) is 12.2 Å². The number of ether oxygens (including phenoxy) is 1. The predicted octanol–water partition coefficient (Wildman–Crippen LogP) is 1.78. The molecule has 0 bridgehead atoms. The van der Waals surface area contributed by atoms with Gasteiger partial charge in [-0.2, -0.15) is 0 Å². The Kier molecular flexibility index (Phi) is 3.44. The largest absolute Gasteiger partial charge is 0.373 e. The smallest absolute Gasteiger partial charge is 0.0758 e. The molecule has 2 heterocycles. The van der Waals surface area contributed by atoms with E-state index in [2.05, 4.69) is 35.1 Å². The highest BCUT2D eigenvalue weighted by molar-refractivity contribution is 5.07. The third kappa shape index (κ3) is 2.61. The zero-order chi connectivity index (χ0) is 10.7. The van der Waals surface area contributed by atoms with Crippen molar-refractivity contribution in [3.05, 3.63) is 24.0 Å². The predicted molar refractivity (Wildman–Crippen MR) is 60.8 cm³/mol. The Morgan fingerprint density at radius 2 is 2.40 bits per heavy atom. The number of hydrogen-bond donors (Lipinski definition) is 1. The lowest BCUT2D eigenvalue weighted by atomic mass is 10.2. The molecule has 1 aliphatic rings. The summed E-state index contributed by atoms with van der Waals surface area (Å²) < 4.78 is 8.12. The monoisotopic (exact) mass is 208 g/mol. The number of nitrogens with zero attached hydrogens (tertiary/aromatic N) is 1. The molecule has 3 heteroatoms. The number of aromatic nitrogens is 1. The first kappa shape index (κ1) is 10.7. The lowest BCUT2D eigenvalue weighted by Gasteiger charge is -2.14. The Hall–Kier alpha value is -0.800. The van der Waals surface area contributed by atoms with Crippen molar-refractivity contribution in [3.63, 3.8) is 0 Å². The summed E-state index contributed by atoms with van der Waals surface area (Å²) in [7, 11) is 1.98. The fourth-order valence-corrected chi connectivity index (χ4v) is 2.21. The third-order valence-electron chi connectivity index (χ3n) is 3.00. The molecule has 2 rings (SSSR count). The molecule has 1 aliphatic heterocycles. The quantitative estimate of drug-likeness (QED) is 0.816. The highest BCUT2D eigenvalue weighted by Crippen LogP contribution is 2.21. The van der Waals surface area contributed by atoms with E-state index in [0.717, 1.165) is 13.1 Å². The molecule has 1 aromatic heterocycles. The van der Waals surface area contributed by atoms with Crippen LogP contribution in [0, 0.1) is 0 Å². The minimum atomic E-state index is 0.406. The molecule has 2 atom stereocenters. The van der Waals surface area contributed by atoms with Crippen LogP contribution in [0.4, 0.5) is 0 Å². The second-order valence-electron chi connectivity index (χ2n) is 4.33. The first-order chi connectivity index (χ1) is 7.29. The molecular weight excluding hydrogens is 188 g/mol. The highest BCUT2D eigenvalue weighted by Gasteiger charge is 2.22. The Labute approximate surface area is 91.4 Å². The van der Waals surface area contributed by atoms with Crippen LogP contribution < -0.4 is 5.32 Å². The van der Waals surface area contributed by atoms with E-state index in [9.17, 15) is 0 Å². The summed E-state index contributed by atoms with van der Waals surface area (Å²) in [6.45, 7) is 4.08. The van der Waals surface area contributed by atoms with Crippen molar-refractivity contribution in [2.45, 2.75) is 45.1 Å². The molecule has 0 aromatic carbocycles. The van der Waals surface area contributed by atoms with E-state index in [4.69, 9.17) is 4.74 Å². The molecule has 3 nitrogen and oxygen atoms in total. The van der Waals surface area contributed by atoms with Crippen LogP contribution in [0.15, 0.2) is 18.3 Å². The van der Waals surface area contributed by atoms with Gasteiger partial charge in [-0.15, -0.1) is 0 Å². The first-order valence-electron chi connectivity index (χ1n) is 5.73. The van der Waals surface area contributed by atoms with Gasteiger partial charge in [0, 0.05) is 25.0 Å². The summed E-state index contributed by atoms with van der Waals surface area (Å²) in [6.07, 6.45) is 5.38. The van der Waals surface area contributed by atoms with Crippen molar-refractivity contribution in [3.8, 4) is 0 Å². The SMILES string of the molecule is CNCc1cccn1CC1CCC(C)O1. The standard InChI is InChI=1S/C12H20N2O/c1-10-5-6-12(15-10)9-14-7-3-4-11(14)8-13-2/h3-4,7,10,12-13H,5-6,8-9H2,1-2H3. The van der Waals surface area contributed by atoms with Crippen LogP contribution in [0.5, 0.6) is 0 Å². The Balaban J connectivity index is 1.95. The van der Waals surface area contributed by atoms with Gasteiger partial charge in [-0.25, -0.2) is 0 Å². The normalized spacial score (nSPS) is 26.0. The maximum absolute atomic E-state index is 5.83. The van der Waals surface area contributed by atoms with Crippen LogP contribution in [-0.2, 0) is 17.8 Å². The van der Waals surface area contributed by atoms with Gasteiger partial charge in [0.15, 0.2) is 0 Å². The van der Waals surface area contributed by atoms with E-state index in [1.807, 2.05) is 7.05 Å². The van der Waals surface area contributed by atoms with Gasteiger partial charge in [0.2, 0.25) is 0 Å². The summed E-state index contributed by atoms with van der Waals surface area (Å²) >= 11 is 0. The molecule has 0 aliphatic carbocycles. The second kappa shape index (κ2) is 4.81. The second-order valence-corrected chi connectivity index (χ2v) is 4.33. The van der Waals surface area contributed by atoms with Gasteiger partial charge in [0.05, 0.1) is 12.2 Å². The summed E-state index contributed by atoms with van der Waals surface area (Å²) in [5.74, 6) is 0.